The molecule has 1 N–H and O–H groups in total. The highest BCUT2D eigenvalue weighted by Crippen LogP contribution is 2.28. The third kappa shape index (κ3) is 4.41. The van der Waals surface area contributed by atoms with Crippen LogP contribution in [-0.4, -0.2) is 31.7 Å². The number of carbonyl (C=O) groups is 1. The zero-order valence-corrected chi connectivity index (χ0v) is 17.0. The van der Waals surface area contributed by atoms with Gasteiger partial charge in [0.15, 0.2) is 0 Å². The van der Waals surface area contributed by atoms with Gasteiger partial charge in [-0.3, -0.25) is 4.79 Å². The Morgan fingerprint density at radius 3 is 2.40 bits per heavy atom. The largest absolute Gasteiger partial charge is 0.322 e. The zero-order chi connectivity index (χ0) is 18.6. The smallest absolute Gasteiger partial charge is 0.256 e. The number of halogens is 2. The van der Waals surface area contributed by atoms with Crippen LogP contribution in [0.3, 0.4) is 0 Å². The quantitative estimate of drug-likeness (QED) is 0.717. The average Bonchev–Trinajstić information content (AvgIpc) is 2.57. The number of nitrogens with one attached hydrogen (secondary N) is 1. The number of carbonyl (C=O) groups excluding carboxylic acids is 1. The summed E-state index contributed by atoms with van der Waals surface area (Å²) < 4.78 is 27.4. The number of hydrogen-bond acceptors (Lipinski definition) is 3. The molecular formula is C17H18BrClN2O3S. The van der Waals surface area contributed by atoms with E-state index < -0.39 is 10.0 Å². The van der Waals surface area contributed by atoms with Crippen LogP contribution in [0.2, 0.25) is 5.02 Å². The van der Waals surface area contributed by atoms with E-state index in [-0.39, 0.29) is 15.8 Å². The molecule has 0 aromatic heterocycles. The first kappa shape index (κ1) is 19.9. The van der Waals surface area contributed by atoms with Crippen LogP contribution in [0.25, 0.3) is 0 Å². The summed E-state index contributed by atoms with van der Waals surface area (Å²) in [4.78, 5) is 12.4. The van der Waals surface area contributed by atoms with Crippen LogP contribution in [0.1, 0.15) is 24.2 Å². The minimum atomic E-state index is -3.72. The summed E-state index contributed by atoms with van der Waals surface area (Å²) in [5.74, 6) is -0.346. The molecule has 1 amide bonds. The van der Waals surface area contributed by atoms with Crippen LogP contribution in [0, 0.1) is 0 Å². The summed E-state index contributed by atoms with van der Waals surface area (Å²) >= 11 is 9.41. The summed E-state index contributed by atoms with van der Waals surface area (Å²) in [6.07, 6.45) is 0. The highest BCUT2D eigenvalue weighted by Gasteiger charge is 2.25. The van der Waals surface area contributed by atoms with E-state index in [1.165, 1.54) is 16.4 Å². The number of benzene rings is 2. The lowest BCUT2D eigenvalue weighted by Gasteiger charge is -2.19. The van der Waals surface area contributed by atoms with E-state index >= 15 is 0 Å². The molecule has 0 saturated heterocycles. The van der Waals surface area contributed by atoms with Crippen LogP contribution >= 0.6 is 27.5 Å². The molecule has 0 bridgehead atoms. The molecule has 0 spiro atoms. The molecule has 2 rings (SSSR count). The van der Waals surface area contributed by atoms with Crippen molar-refractivity contribution in [2.75, 3.05) is 18.4 Å². The maximum absolute atomic E-state index is 12.7. The van der Waals surface area contributed by atoms with Gasteiger partial charge in [0, 0.05) is 23.2 Å². The molecule has 25 heavy (non-hydrogen) atoms. The molecule has 2 aromatic carbocycles. The first-order chi connectivity index (χ1) is 11.8. The lowest BCUT2D eigenvalue weighted by atomic mass is 10.2. The molecule has 0 aliphatic rings. The van der Waals surface area contributed by atoms with Gasteiger partial charge in [0.05, 0.1) is 10.6 Å². The van der Waals surface area contributed by atoms with Crippen LogP contribution in [0.15, 0.2) is 51.8 Å². The molecule has 0 aliphatic carbocycles. The fraction of sp³-hybridized carbons (Fsp3) is 0.235. The number of nitrogens with zero attached hydrogens (tertiary/aromatic N) is 1. The van der Waals surface area contributed by atoms with Gasteiger partial charge in [0.25, 0.3) is 5.91 Å². The van der Waals surface area contributed by atoms with Gasteiger partial charge in [-0.1, -0.05) is 37.6 Å². The minimum absolute atomic E-state index is 0.0252. The van der Waals surface area contributed by atoms with Gasteiger partial charge in [-0.25, -0.2) is 8.42 Å². The normalized spacial score (nSPS) is 11.6. The predicted octanol–water partition coefficient (Wildman–Crippen LogP) is 4.39. The Labute approximate surface area is 161 Å². The Bertz CT molecular complexity index is 883. The van der Waals surface area contributed by atoms with E-state index in [0.717, 1.165) is 0 Å². The first-order valence-electron chi connectivity index (χ1n) is 7.66. The third-order valence-corrected chi connectivity index (χ3v) is 6.85. The topological polar surface area (TPSA) is 66.5 Å². The number of rotatable bonds is 6. The van der Waals surface area contributed by atoms with Crippen molar-refractivity contribution < 1.29 is 13.2 Å². The third-order valence-electron chi connectivity index (χ3n) is 3.63. The van der Waals surface area contributed by atoms with Crippen LogP contribution < -0.4 is 5.32 Å². The summed E-state index contributed by atoms with van der Waals surface area (Å²) in [5.41, 5.74) is 0.807. The Balaban J connectivity index is 2.37. The number of hydrogen-bond donors (Lipinski definition) is 1. The molecule has 0 radical (unpaired) electrons. The maximum atomic E-state index is 12.7. The van der Waals surface area contributed by atoms with Crippen LogP contribution in [0.4, 0.5) is 5.69 Å². The molecule has 0 atom stereocenters. The van der Waals surface area contributed by atoms with Gasteiger partial charge >= 0.3 is 0 Å². The van der Waals surface area contributed by atoms with Crippen molar-refractivity contribution in [2.45, 2.75) is 18.7 Å². The molecule has 5 nitrogen and oxygen atoms in total. The van der Waals surface area contributed by atoms with E-state index in [0.29, 0.717) is 28.8 Å². The van der Waals surface area contributed by atoms with E-state index in [4.69, 9.17) is 11.6 Å². The second-order valence-corrected chi connectivity index (χ2v) is 8.34. The second-order valence-electron chi connectivity index (χ2n) is 5.17. The molecule has 0 saturated carbocycles. The Kier molecular flexibility index (Phi) is 6.62. The minimum Gasteiger partial charge on any atom is -0.322 e. The summed E-state index contributed by atoms with van der Waals surface area (Å²) in [6.45, 7) is 4.19. The van der Waals surface area contributed by atoms with E-state index in [1.807, 2.05) is 0 Å². The first-order valence-corrected chi connectivity index (χ1v) is 10.3. The molecule has 0 aliphatic heterocycles. The van der Waals surface area contributed by atoms with Crippen molar-refractivity contribution in [1.29, 1.82) is 0 Å². The molecule has 0 fully saturated rings. The summed E-state index contributed by atoms with van der Waals surface area (Å²) in [6, 6.07) is 11.4. The van der Waals surface area contributed by atoms with Gasteiger partial charge in [0.2, 0.25) is 10.0 Å². The number of sulfonamides is 1. The SMILES string of the molecule is CCN(CC)S(=O)(=O)c1cc(NC(=O)c2ccccc2Br)ccc1Cl. The highest BCUT2D eigenvalue weighted by atomic mass is 79.9. The fourth-order valence-corrected chi connectivity index (χ4v) is 4.75. The van der Waals surface area contributed by atoms with Crippen molar-refractivity contribution in [3.8, 4) is 0 Å². The molecule has 0 unspecified atom stereocenters. The lowest BCUT2D eigenvalue weighted by Crippen LogP contribution is -2.30. The van der Waals surface area contributed by atoms with E-state index in [9.17, 15) is 13.2 Å². The van der Waals surface area contributed by atoms with Gasteiger partial charge in [-0.2, -0.15) is 4.31 Å². The van der Waals surface area contributed by atoms with Crippen molar-refractivity contribution in [1.82, 2.24) is 4.31 Å². The monoisotopic (exact) mass is 444 g/mol. The molecule has 0 heterocycles. The van der Waals surface area contributed by atoms with Crippen LogP contribution in [-0.2, 0) is 10.0 Å². The number of amides is 1. The van der Waals surface area contributed by atoms with E-state index in [1.54, 1.807) is 44.2 Å². The predicted molar refractivity (Wildman–Crippen MR) is 104 cm³/mol. The van der Waals surface area contributed by atoms with Gasteiger partial charge in [-0.15, -0.1) is 0 Å². The molecule has 8 heteroatoms. The lowest BCUT2D eigenvalue weighted by molar-refractivity contribution is 0.102. The standard InChI is InChI=1S/C17H18BrClN2O3S/c1-3-21(4-2)25(23,24)16-11-12(9-10-15(16)19)20-17(22)13-7-5-6-8-14(13)18/h5-11H,3-4H2,1-2H3,(H,20,22). The molecule has 134 valence electrons. The molecular weight excluding hydrogens is 428 g/mol. The second kappa shape index (κ2) is 8.31. The van der Waals surface area contributed by atoms with Gasteiger partial charge in [0.1, 0.15) is 4.90 Å². The Morgan fingerprint density at radius 2 is 1.80 bits per heavy atom. The summed E-state index contributed by atoms with van der Waals surface area (Å²) in [5, 5.41) is 2.82. The summed E-state index contributed by atoms with van der Waals surface area (Å²) in [7, 11) is -3.72. The Hall–Kier alpha value is -1.41. The Morgan fingerprint density at radius 1 is 1.16 bits per heavy atom. The number of anilines is 1. The van der Waals surface area contributed by atoms with Crippen molar-refractivity contribution >= 4 is 49.1 Å². The van der Waals surface area contributed by atoms with Crippen LogP contribution in [0.5, 0.6) is 0 Å². The average molecular weight is 446 g/mol. The zero-order valence-electron chi connectivity index (χ0n) is 13.8. The van der Waals surface area contributed by atoms with Gasteiger partial charge in [-0.05, 0) is 46.3 Å². The highest BCUT2D eigenvalue weighted by molar-refractivity contribution is 9.10. The van der Waals surface area contributed by atoms with Crippen molar-refractivity contribution in [3.63, 3.8) is 0 Å². The van der Waals surface area contributed by atoms with Crippen molar-refractivity contribution in [3.05, 3.63) is 57.5 Å². The molecule has 2 aromatic rings. The van der Waals surface area contributed by atoms with Gasteiger partial charge < -0.3 is 5.32 Å². The maximum Gasteiger partial charge on any atom is 0.256 e. The van der Waals surface area contributed by atoms with Crippen molar-refractivity contribution in [2.24, 2.45) is 0 Å². The fourth-order valence-electron chi connectivity index (χ4n) is 2.33. The van der Waals surface area contributed by atoms with E-state index in [2.05, 4.69) is 21.2 Å².